The predicted octanol–water partition coefficient (Wildman–Crippen LogP) is 3.20. The topological polar surface area (TPSA) is 37.8 Å². The van der Waals surface area contributed by atoms with E-state index in [4.69, 9.17) is 0 Å². The van der Waals surface area contributed by atoms with Crippen molar-refractivity contribution in [2.24, 2.45) is 0 Å². The van der Waals surface area contributed by atoms with Crippen molar-refractivity contribution in [1.82, 2.24) is 10.2 Å². The maximum Gasteiger partial charge on any atom is 0.435 e. The highest BCUT2D eigenvalue weighted by molar-refractivity contribution is 5.64. The molecule has 0 aliphatic heterocycles. The van der Waals surface area contributed by atoms with Gasteiger partial charge in [-0.15, -0.1) is 10.2 Å². The van der Waals surface area contributed by atoms with E-state index >= 15 is 0 Å². The van der Waals surface area contributed by atoms with Crippen molar-refractivity contribution >= 4 is 5.69 Å². The van der Waals surface area contributed by atoms with Gasteiger partial charge >= 0.3 is 6.18 Å². The molecule has 0 atom stereocenters. The van der Waals surface area contributed by atoms with E-state index in [1.807, 2.05) is 6.07 Å². The van der Waals surface area contributed by atoms with Crippen LogP contribution in [-0.2, 0) is 6.18 Å². The van der Waals surface area contributed by atoms with Gasteiger partial charge in [0, 0.05) is 18.3 Å². The Bertz CT molecular complexity index is 535. The third-order valence-corrected chi connectivity index (χ3v) is 2.40. The molecule has 6 heteroatoms. The molecule has 0 spiro atoms. The molecule has 0 aliphatic carbocycles. The predicted molar refractivity (Wildman–Crippen MR) is 62.0 cm³/mol. The van der Waals surface area contributed by atoms with Crippen LogP contribution in [0, 0.1) is 0 Å². The van der Waals surface area contributed by atoms with Crippen LogP contribution in [-0.4, -0.2) is 17.2 Å². The largest absolute Gasteiger partial charge is 0.435 e. The molecule has 2 rings (SSSR count). The first-order valence-corrected chi connectivity index (χ1v) is 5.20. The number of alkyl halides is 3. The van der Waals surface area contributed by atoms with Gasteiger partial charge in [-0.3, -0.25) is 0 Å². The normalized spacial score (nSPS) is 11.3. The number of anilines is 1. The van der Waals surface area contributed by atoms with Crippen LogP contribution in [0.1, 0.15) is 5.69 Å². The highest BCUT2D eigenvalue weighted by Gasteiger charge is 2.32. The summed E-state index contributed by atoms with van der Waals surface area (Å²) >= 11 is 0. The van der Waals surface area contributed by atoms with Crippen LogP contribution in [0.3, 0.4) is 0 Å². The summed E-state index contributed by atoms with van der Waals surface area (Å²) < 4.78 is 37.0. The zero-order valence-electron chi connectivity index (χ0n) is 9.49. The van der Waals surface area contributed by atoms with Crippen molar-refractivity contribution in [2.75, 3.05) is 12.4 Å². The molecule has 0 amide bonds. The quantitative estimate of drug-likeness (QED) is 0.893. The molecule has 0 saturated heterocycles. The third kappa shape index (κ3) is 2.58. The molecule has 1 aromatic carbocycles. The SMILES string of the molecule is CNc1cccc(-c2ccc(C(F)(F)F)nn2)c1. The standard InChI is InChI=1S/C12H10F3N3/c1-16-9-4-2-3-8(7-9)10-5-6-11(18-17-10)12(13,14)15/h2-7,16H,1H3. The molecular formula is C12H10F3N3. The van der Waals surface area contributed by atoms with Gasteiger partial charge in [-0.05, 0) is 24.3 Å². The summed E-state index contributed by atoms with van der Waals surface area (Å²) in [6, 6.07) is 9.43. The number of benzene rings is 1. The molecule has 1 N–H and O–H groups in total. The fraction of sp³-hybridized carbons (Fsp3) is 0.167. The van der Waals surface area contributed by atoms with Gasteiger partial charge in [0.2, 0.25) is 0 Å². The van der Waals surface area contributed by atoms with Crippen LogP contribution >= 0.6 is 0 Å². The lowest BCUT2D eigenvalue weighted by molar-refractivity contribution is -0.141. The first kappa shape index (κ1) is 12.3. The fourth-order valence-corrected chi connectivity index (χ4v) is 1.47. The van der Waals surface area contributed by atoms with Crippen LogP contribution in [0.4, 0.5) is 18.9 Å². The van der Waals surface area contributed by atoms with Crippen LogP contribution in [0.15, 0.2) is 36.4 Å². The number of hydrogen-bond acceptors (Lipinski definition) is 3. The molecule has 2 aromatic rings. The summed E-state index contributed by atoms with van der Waals surface area (Å²) in [4.78, 5) is 0. The molecule has 1 aromatic heterocycles. The first-order chi connectivity index (χ1) is 8.50. The minimum Gasteiger partial charge on any atom is -0.388 e. The smallest absolute Gasteiger partial charge is 0.388 e. The van der Waals surface area contributed by atoms with Crippen molar-refractivity contribution < 1.29 is 13.2 Å². The second-order valence-corrected chi connectivity index (χ2v) is 3.63. The number of halogens is 3. The molecule has 0 radical (unpaired) electrons. The Morgan fingerprint density at radius 3 is 2.39 bits per heavy atom. The number of rotatable bonds is 2. The minimum atomic E-state index is -4.46. The van der Waals surface area contributed by atoms with Crippen molar-refractivity contribution in [3.8, 4) is 11.3 Å². The van der Waals surface area contributed by atoms with Crippen molar-refractivity contribution in [3.05, 3.63) is 42.1 Å². The Balaban J connectivity index is 2.34. The highest BCUT2D eigenvalue weighted by atomic mass is 19.4. The molecular weight excluding hydrogens is 243 g/mol. The van der Waals surface area contributed by atoms with E-state index in [2.05, 4.69) is 15.5 Å². The Kier molecular flexibility index (Phi) is 3.18. The third-order valence-electron chi connectivity index (χ3n) is 2.40. The molecule has 0 aliphatic rings. The molecule has 0 bridgehead atoms. The second-order valence-electron chi connectivity index (χ2n) is 3.63. The Morgan fingerprint density at radius 1 is 1.06 bits per heavy atom. The van der Waals surface area contributed by atoms with Gasteiger partial charge in [-0.2, -0.15) is 13.2 Å². The van der Waals surface area contributed by atoms with Gasteiger partial charge in [0.25, 0.3) is 0 Å². The van der Waals surface area contributed by atoms with E-state index in [1.165, 1.54) is 6.07 Å². The van der Waals surface area contributed by atoms with E-state index in [-0.39, 0.29) is 0 Å². The molecule has 1 heterocycles. The number of hydrogen-bond donors (Lipinski definition) is 1. The van der Waals surface area contributed by atoms with Crippen LogP contribution in [0.2, 0.25) is 0 Å². The van der Waals surface area contributed by atoms with E-state index in [0.717, 1.165) is 11.8 Å². The molecule has 0 saturated carbocycles. The zero-order chi connectivity index (χ0) is 13.2. The van der Waals surface area contributed by atoms with Crippen LogP contribution < -0.4 is 5.32 Å². The second kappa shape index (κ2) is 4.64. The maximum atomic E-state index is 12.3. The lowest BCUT2D eigenvalue weighted by atomic mass is 10.1. The van der Waals surface area contributed by atoms with Crippen molar-refractivity contribution in [2.45, 2.75) is 6.18 Å². The van der Waals surface area contributed by atoms with Crippen molar-refractivity contribution in [3.63, 3.8) is 0 Å². The Hall–Kier alpha value is -2.11. The van der Waals surface area contributed by atoms with Gasteiger partial charge < -0.3 is 5.32 Å². The summed E-state index contributed by atoms with van der Waals surface area (Å²) in [5.41, 5.74) is 0.980. The van der Waals surface area contributed by atoms with E-state index in [9.17, 15) is 13.2 Å². The van der Waals surface area contributed by atoms with E-state index < -0.39 is 11.9 Å². The van der Waals surface area contributed by atoms with Gasteiger partial charge in [0.15, 0.2) is 5.69 Å². The summed E-state index contributed by atoms with van der Waals surface area (Å²) in [7, 11) is 1.76. The summed E-state index contributed by atoms with van der Waals surface area (Å²) in [6.07, 6.45) is -4.46. The monoisotopic (exact) mass is 253 g/mol. The lowest BCUT2D eigenvalue weighted by Gasteiger charge is -2.06. The van der Waals surface area contributed by atoms with E-state index in [1.54, 1.807) is 25.2 Å². The summed E-state index contributed by atoms with van der Waals surface area (Å²) in [6.45, 7) is 0. The zero-order valence-corrected chi connectivity index (χ0v) is 9.49. The van der Waals surface area contributed by atoms with Gasteiger partial charge in [0.1, 0.15) is 0 Å². The summed E-state index contributed by atoms with van der Waals surface area (Å²) in [5, 5.41) is 9.72. The minimum absolute atomic E-state index is 0.403. The fourth-order valence-electron chi connectivity index (χ4n) is 1.47. The Labute approximate surface area is 102 Å². The van der Waals surface area contributed by atoms with E-state index in [0.29, 0.717) is 11.3 Å². The van der Waals surface area contributed by atoms with Crippen LogP contribution in [0.25, 0.3) is 11.3 Å². The molecule has 3 nitrogen and oxygen atoms in total. The average Bonchev–Trinajstić information content (AvgIpc) is 2.38. The lowest BCUT2D eigenvalue weighted by Crippen LogP contribution is -2.08. The highest BCUT2D eigenvalue weighted by Crippen LogP contribution is 2.28. The molecule has 0 unspecified atom stereocenters. The molecule has 18 heavy (non-hydrogen) atoms. The Morgan fingerprint density at radius 2 is 1.83 bits per heavy atom. The number of nitrogens with zero attached hydrogens (tertiary/aromatic N) is 2. The average molecular weight is 253 g/mol. The van der Waals surface area contributed by atoms with Crippen LogP contribution in [0.5, 0.6) is 0 Å². The van der Waals surface area contributed by atoms with Gasteiger partial charge in [0.05, 0.1) is 5.69 Å². The summed E-state index contributed by atoms with van der Waals surface area (Å²) in [5.74, 6) is 0. The van der Waals surface area contributed by atoms with Gasteiger partial charge in [-0.25, -0.2) is 0 Å². The maximum absolute atomic E-state index is 12.3. The first-order valence-electron chi connectivity index (χ1n) is 5.20. The number of nitrogens with one attached hydrogen (secondary N) is 1. The molecule has 94 valence electrons. The van der Waals surface area contributed by atoms with Crippen molar-refractivity contribution in [1.29, 1.82) is 0 Å². The van der Waals surface area contributed by atoms with Gasteiger partial charge in [-0.1, -0.05) is 12.1 Å². The number of aromatic nitrogens is 2. The molecule has 0 fully saturated rings.